The number of likely N-dealkylation sites (tertiary alicyclic amines) is 1. The lowest BCUT2D eigenvalue weighted by atomic mass is 10.0. The van der Waals surface area contributed by atoms with Gasteiger partial charge in [0.2, 0.25) is 5.88 Å². The van der Waals surface area contributed by atoms with E-state index in [0.29, 0.717) is 13.0 Å². The standard InChI is InChI=1S/C32H34F2N6O6S/c1-15-20(11-12-40(15)30(42)46-32(5,6)7)44-26-18-14-36-23(22(34)24(18)37-28(38-26)43-8)16-9-10-19(33)25-21(16)17(13-35)27(47-25)39-29(41)45-31(2,3)4/h9-10,14-15,20H,11-12H2,1-8H3,(H,39,41). The number of pyridine rings is 1. The van der Waals surface area contributed by atoms with E-state index in [0.717, 1.165) is 17.4 Å². The number of rotatable bonds is 5. The maximum absolute atomic E-state index is 16.4. The van der Waals surface area contributed by atoms with Crippen molar-refractivity contribution >= 4 is 49.5 Å². The number of fused-ring (bicyclic) bond motifs is 2. The molecule has 248 valence electrons. The third kappa shape index (κ3) is 6.83. The Morgan fingerprint density at radius 3 is 2.45 bits per heavy atom. The van der Waals surface area contributed by atoms with Crippen molar-refractivity contribution in [1.29, 1.82) is 5.26 Å². The number of thiophene rings is 1. The minimum atomic E-state index is -0.896. The summed E-state index contributed by atoms with van der Waals surface area (Å²) < 4.78 is 53.8. The number of hydrogen-bond donors (Lipinski definition) is 1. The molecule has 1 aromatic carbocycles. The molecular weight excluding hydrogens is 634 g/mol. The first-order valence-corrected chi connectivity index (χ1v) is 15.5. The van der Waals surface area contributed by atoms with Crippen LogP contribution in [0.15, 0.2) is 18.3 Å². The molecule has 1 aliphatic heterocycles. The Kier molecular flexibility index (Phi) is 8.85. The van der Waals surface area contributed by atoms with E-state index in [1.807, 2.05) is 13.0 Å². The summed E-state index contributed by atoms with van der Waals surface area (Å²) in [4.78, 5) is 39.6. The molecule has 0 saturated carbocycles. The molecule has 1 fully saturated rings. The number of amides is 2. The van der Waals surface area contributed by atoms with Gasteiger partial charge in [-0.1, -0.05) is 0 Å². The van der Waals surface area contributed by atoms with Crippen LogP contribution in [0.1, 0.15) is 60.5 Å². The third-order valence-electron chi connectivity index (χ3n) is 7.16. The number of nitrogens with one attached hydrogen (secondary N) is 1. The van der Waals surface area contributed by atoms with Crippen molar-refractivity contribution in [3.8, 4) is 29.2 Å². The van der Waals surface area contributed by atoms with Crippen LogP contribution in [0.3, 0.4) is 0 Å². The number of benzene rings is 1. The van der Waals surface area contributed by atoms with Crippen molar-refractivity contribution < 1.29 is 37.3 Å². The molecule has 0 spiro atoms. The van der Waals surface area contributed by atoms with Gasteiger partial charge in [-0.3, -0.25) is 10.3 Å². The zero-order valence-corrected chi connectivity index (χ0v) is 28.0. The van der Waals surface area contributed by atoms with E-state index in [9.17, 15) is 14.9 Å². The van der Waals surface area contributed by atoms with E-state index >= 15 is 8.78 Å². The molecule has 0 bridgehead atoms. The molecule has 2 amide bonds. The van der Waals surface area contributed by atoms with Crippen LogP contribution in [0.5, 0.6) is 11.9 Å². The molecule has 1 saturated heterocycles. The molecule has 1 N–H and O–H groups in total. The number of carbonyl (C=O) groups excluding carboxylic acids is 2. The Morgan fingerprint density at radius 1 is 1.11 bits per heavy atom. The van der Waals surface area contributed by atoms with Crippen LogP contribution in [0.4, 0.5) is 23.4 Å². The molecule has 15 heteroatoms. The van der Waals surface area contributed by atoms with E-state index in [4.69, 9.17) is 18.9 Å². The van der Waals surface area contributed by atoms with Gasteiger partial charge < -0.3 is 23.8 Å². The average Bonchev–Trinajstić information content (AvgIpc) is 3.52. The van der Waals surface area contributed by atoms with Crippen molar-refractivity contribution in [2.24, 2.45) is 0 Å². The molecule has 12 nitrogen and oxygen atoms in total. The number of anilines is 1. The maximum Gasteiger partial charge on any atom is 0.412 e. The second-order valence-corrected chi connectivity index (χ2v) is 13.9. The quantitative estimate of drug-likeness (QED) is 0.232. The Bertz CT molecular complexity index is 1930. The highest BCUT2D eigenvalue weighted by Gasteiger charge is 2.38. The van der Waals surface area contributed by atoms with E-state index in [1.165, 1.54) is 19.4 Å². The number of nitrogens with zero attached hydrogens (tertiary/aromatic N) is 5. The molecule has 2 unspecified atom stereocenters. The first-order valence-electron chi connectivity index (χ1n) is 14.7. The summed E-state index contributed by atoms with van der Waals surface area (Å²) in [5.74, 6) is -1.57. The second kappa shape index (κ2) is 12.4. The summed E-state index contributed by atoms with van der Waals surface area (Å²) in [6.45, 7) is 12.6. The number of nitriles is 1. The zero-order valence-electron chi connectivity index (χ0n) is 27.2. The van der Waals surface area contributed by atoms with Crippen molar-refractivity contribution in [3.63, 3.8) is 0 Å². The van der Waals surface area contributed by atoms with Gasteiger partial charge in [0.05, 0.1) is 28.8 Å². The Hall–Kier alpha value is -4.84. The average molecular weight is 669 g/mol. The Balaban J connectivity index is 1.55. The van der Waals surface area contributed by atoms with Crippen molar-refractivity contribution in [2.75, 3.05) is 19.0 Å². The molecule has 47 heavy (non-hydrogen) atoms. The molecule has 4 heterocycles. The van der Waals surface area contributed by atoms with Crippen LogP contribution in [-0.4, -0.2) is 69.0 Å². The summed E-state index contributed by atoms with van der Waals surface area (Å²) in [5, 5.41) is 12.8. The minimum Gasteiger partial charge on any atom is -0.471 e. The number of aromatic nitrogens is 3. The van der Waals surface area contributed by atoms with Crippen molar-refractivity contribution in [1.82, 2.24) is 19.9 Å². The fraction of sp³-hybridized carbons (Fsp3) is 0.438. The highest BCUT2D eigenvalue weighted by Crippen LogP contribution is 2.43. The van der Waals surface area contributed by atoms with Gasteiger partial charge >= 0.3 is 18.2 Å². The first-order chi connectivity index (χ1) is 22.0. The fourth-order valence-corrected chi connectivity index (χ4v) is 6.20. The fourth-order valence-electron chi connectivity index (χ4n) is 5.13. The molecule has 5 rings (SSSR count). The highest BCUT2D eigenvalue weighted by atomic mass is 32.1. The van der Waals surface area contributed by atoms with Gasteiger partial charge in [-0.05, 0) is 60.6 Å². The molecule has 1 aliphatic rings. The van der Waals surface area contributed by atoms with Crippen LogP contribution in [0.2, 0.25) is 0 Å². The van der Waals surface area contributed by atoms with Crippen LogP contribution in [0.25, 0.3) is 32.2 Å². The van der Waals surface area contributed by atoms with E-state index in [2.05, 4.69) is 20.3 Å². The van der Waals surface area contributed by atoms with E-state index in [1.54, 1.807) is 46.4 Å². The van der Waals surface area contributed by atoms with Gasteiger partial charge in [0.25, 0.3) is 0 Å². The number of ether oxygens (including phenoxy) is 4. The summed E-state index contributed by atoms with van der Waals surface area (Å²) >= 11 is 0.817. The van der Waals surface area contributed by atoms with Gasteiger partial charge in [-0.25, -0.2) is 18.4 Å². The SMILES string of the molecule is COc1nc(OC2CCN(C(=O)OC(C)(C)C)C2C)c2cnc(-c3ccc(F)c4sc(NC(=O)OC(C)(C)C)c(C#N)c34)c(F)c2n1. The summed E-state index contributed by atoms with van der Waals surface area (Å²) in [6.07, 6.45) is -0.0330. The molecule has 0 aliphatic carbocycles. The molecule has 4 aromatic rings. The Labute approximate surface area is 273 Å². The predicted octanol–water partition coefficient (Wildman–Crippen LogP) is 7.19. The van der Waals surface area contributed by atoms with Crippen LogP contribution in [-0.2, 0) is 9.47 Å². The van der Waals surface area contributed by atoms with E-state index in [-0.39, 0.29) is 54.7 Å². The van der Waals surface area contributed by atoms with Crippen LogP contribution in [0, 0.1) is 23.0 Å². The lowest BCUT2D eigenvalue weighted by Crippen LogP contribution is -2.42. The third-order valence-corrected chi connectivity index (χ3v) is 8.27. The molecular formula is C32H34F2N6O6S. The normalized spacial score (nSPS) is 16.7. The van der Waals surface area contributed by atoms with Crippen molar-refractivity contribution in [3.05, 3.63) is 35.5 Å². The minimum absolute atomic E-state index is 0.00552. The smallest absolute Gasteiger partial charge is 0.412 e. The van der Waals surface area contributed by atoms with Gasteiger partial charge in [0.1, 0.15) is 45.4 Å². The second-order valence-electron chi connectivity index (χ2n) is 12.9. The van der Waals surface area contributed by atoms with Gasteiger partial charge in [0.15, 0.2) is 5.82 Å². The Morgan fingerprint density at radius 2 is 1.81 bits per heavy atom. The zero-order chi connectivity index (χ0) is 34.4. The topological polar surface area (TPSA) is 149 Å². The summed E-state index contributed by atoms with van der Waals surface area (Å²) in [6, 6.07) is 3.86. The highest BCUT2D eigenvalue weighted by molar-refractivity contribution is 7.23. The molecule has 0 radical (unpaired) electrons. The van der Waals surface area contributed by atoms with Crippen LogP contribution >= 0.6 is 11.3 Å². The number of carbonyl (C=O) groups is 2. The van der Waals surface area contributed by atoms with Gasteiger partial charge in [-0.2, -0.15) is 15.2 Å². The number of hydrogen-bond acceptors (Lipinski definition) is 11. The molecule has 2 atom stereocenters. The summed E-state index contributed by atoms with van der Waals surface area (Å²) in [5.41, 5.74) is -1.89. The lowest BCUT2D eigenvalue weighted by molar-refractivity contribution is 0.0190. The van der Waals surface area contributed by atoms with E-state index < -0.39 is 47.2 Å². The van der Waals surface area contributed by atoms with Gasteiger partial charge in [-0.15, -0.1) is 11.3 Å². The largest absolute Gasteiger partial charge is 0.471 e. The lowest BCUT2D eigenvalue weighted by Gasteiger charge is -2.28. The van der Waals surface area contributed by atoms with Gasteiger partial charge in [0, 0.05) is 30.1 Å². The first kappa shape index (κ1) is 33.5. The number of halogens is 2. The maximum atomic E-state index is 16.4. The summed E-state index contributed by atoms with van der Waals surface area (Å²) in [7, 11) is 1.32. The monoisotopic (exact) mass is 668 g/mol. The number of methoxy groups -OCH3 is 1. The predicted molar refractivity (Wildman–Crippen MR) is 171 cm³/mol. The molecule has 3 aromatic heterocycles. The van der Waals surface area contributed by atoms with Crippen molar-refractivity contribution in [2.45, 2.75) is 78.2 Å². The van der Waals surface area contributed by atoms with Crippen LogP contribution < -0.4 is 14.8 Å².